The monoisotopic (exact) mass is 657 g/mol. The average Bonchev–Trinajstić information content (AvgIpc) is 3.03. The van der Waals surface area contributed by atoms with Crippen LogP contribution in [-0.2, 0) is 29.2 Å². The molecule has 0 bridgehead atoms. The predicted molar refractivity (Wildman–Crippen MR) is 189 cm³/mol. The number of quaternary nitrogens is 1. The number of likely N-dealkylation sites (N-methyl/N-ethyl adjacent to an activating group) is 1. The van der Waals surface area contributed by atoms with Crippen molar-refractivity contribution in [2.24, 2.45) is 23.7 Å². The van der Waals surface area contributed by atoms with E-state index in [1.165, 1.54) is 10.1 Å². The van der Waals surface area contributed by atoms with Crippen LogP contribution >= 0.6 is 0 Å². The van der Waals surface area contributed by atoms with Gasteiger partial charge in [0.1, 0.15) is 19.3 Å². The van der Waals surface area contributed by atoms with Crippen LogP contribution < -0.4 is 17.1 Å². The Morgan fingerprint density at radius 1 is 0.894 bits per heavy atom. The summed E-state index contributed by atoms with van der Waals surface area (Å²) in [5.41, 5.74) is 0.455. The maximum Gasteiger partial charge on any atom is 0.336 e. The highest BCUT2D eigenvalue weighted by molar-refractivity contribution is 5.72. The third kappa shape index (κ3) is 12.1. The van der Waals surface area contributed by atoms with Crippen LogP contribution in [-0.4, -0.2) is 69.2 Å². The van der Waals surface area contributed by atoms with Gasteiger partial charge in [0, 0.05) is 19.6 Å². The van der Waals surface area contributed by atoms with Crippen molar-refractivity contribution in [1.29, 1.82) is 0 Å². The summed E-state index contributed by atoms with van der Waals surface area (Å²) in [5, 5.41) is 10.4. The number of aromatic nitrogens is 3. The van der Waals surface area contributed by atoms with Gasteiger partial charge in [-0.2, -0.15) is 0 Å². The normalized spacial score (nSPS) is 15.5. The number of allylic oxidation sites excluding steroid dienone is 1. The second-order valence-electron chi connectivity index (χ2n) is 14.6. The van der Waals surface area contributed by atoms with Crippen LogP contribution in [0.2, 0.25) is 0 Å². The molecule has 5 unspecified atom stereocenters. The third-order valence-corrected chi connectivity index (χ3v) is 9.10. The highest BCUT2D eigenvalue weighted by Gasteiger charge is 2.26. The lowest BCUT2D eigenvalue weighted by molar-refractivity contribution is -0.891. The Labute approximate surface area is 281 Å². The van der Waals surface area contributed by atoms with Gasteiger partial charge in [-0.25, -0.2) is 28.1 Å². The number of hydrogen-bond acceptors (Lipinski definition) is 6. The lowest BCUT2D eigenvalue weighted by atomic mass is 9.93. The van der Waals surface area contributed by atoms with E-state index in [0.29, 0.717) is 29.8 Å². The van der Waals surface area contributed by atoms with Gasteiger partial charge in [-0.1, -0.05) is 84.9 Å². The minimum Gasteiger partial charge on any atom is -0.462 e. The number of benzene rings is 1. The lowest BCUT2D eigenvalue weighted by Gasteiger charge is -2.30. The largest absolute Gasteiger partial charge is 0.462 e. The van der Waals surface area contributed by atoms with E-state index in [-0.39, 0.29) is 44.0 Å². The molecular weight excluding hydrogens is 596 g/mol. The molecule has 0 radical (unpaired) electrons. The van der Waals surface area contributed by atoms with Crippen LogP contribution in [0.15, 0.2) is 44.7 Å². The summed E-state index contributed by atoms with van der Waals surface area (Å²) in [6, 6.07) is 8.36. The molecule has 1 aromatic carbocycles. The number of nitrogens with zero attached hydrogens (tertiary/aromatic N) is 4. The Morgan fingerprint density at radius 3 is 2.04 bits per heavy atom. The van der Waals surface area contributed by atoms with Crippen LogP contribution in [0.3, 0.4) is 0 Å². The summed E-state index contributed by atoms with van der Waals surface area (Å²) in [7, 11) is 4.01. The Kier molecular flexibility index (Phi) is 15.6. The minimum absolute atomic E-state index is 0.0172. The molecule has 0 saturated carbocycles. The summed E-state index contributed by atoms with van der Waals surface area (Å²) in [6.07, 6.45) is 5.20. The molecule has 1 aromatic heterocycles. The Balaban J connectivity index is 2.28. The summed E-state index contributed by atoms with van der Waals surface area (Å²) < 4.78 is 9.57. The Hall–Kier alpha value is -3.24. The van der Waals surface area contributed by atoms with Gasteiger partial charge in [0.15, 0.2) is 0 Å². The van der Waals surface area contributed by atoms with Crippen molar-refractivity contribution in [2.75, 3.05) is 33.8 Å². The molecule has 10 heteroatoms. The van der Waals surface area contributed by atoms with Crippen molar-refractivity contribution in [3.63, 3.8) is 0 Å². The number of rotatable bonds is 19. The van der Waals surface area contributed by atoms with Crippen molar-refractivity contribution in [3.8, 4) is 0 Å². The third-order valence-electron chi connectivity index (χ3n) is 9.10. The molecule has 2 rings (SSSR count). The number of aliphatic hydroxyl groups excluding tert-OH is 1. The summed E-state index contributed by atoms with van der Waals surface area (Å²) in [5.74, 6) is -0.758. The van der Waals surface area contributed by atoms with Gasteiger partial charge in [0.2, 0.25) is 0 Å². The first kappa shape index (κ1) is 39.9. The van der Waals surface area contributed by atoms with Crippen molar-refractivity contribution < 1.29 is 19.1 Å². The standard InChI is InChI=1S/C37H61N4O6/c1-11-29(8)32-16-14-15-30(20-32)18-17-27(6)22-39-35(44)38(21-26(4)5)36(45)40(37(39)46)23-28(7)19-31(12-2)34(43)47-25-33(42)24-41(9,10)13-3/h14-18,20,26-29,31,33,42H,11-13,19,21-25H2,1-10H3/q+1/b18-17+. The molecular formula is C37H61N4O6+. The topological polar surface area (TPSA) is 113 Å². The fourth-order valence-electron chi connectivity index (χ4n) is 5.70. The number of hydrogen-bond donors (Lipinski definition) is 1. The lowest BCUT2D eigenvalue weighted by Crippen LogP contribution is -2.55. The summed E-state index contributed by atoms with van der Waals surface area (Å²) in [4.78, 5) is 53.7. The molecule has 0 amide bonds. The number of esters is 1. The smallest absolute Gasteiger partial charge is 0.336 e. The molecule has 1 N–H and O–H groups in total. The van der Waals surface area contributed by atoms with Crippen LogP contribution in [0.5, 0.6) is 0 Å². The van der Waals surface area contributed by atoms with Gasteiger partial charge < -0.3 is 14.3 Å². The SMILES string of the molecule is CCC(CC(C)Cn1c(=O)n(CC(C)C)c(=O)n(CC(C)/C=C/c2cccc(C(C)CC)c2)c1=O)C(=O)OCC(O)C[N+](C)(C)CC. The van der Waals surface area contributed by atoms with E-state index in [4.69, 9.17) is 4.74 Å². The van der Waals surface area contributed by atoms with Crippen LogP contribution in [0, 0.1) is 23.7 Å². The van der Waals surface area contributed by atoms with Gasteiger partial charge >= 0.3 is 23.0 Å². The fourth-order valence-corrected chi connectivity index (χ4v) is 5.70. The summed E-state index contributed by atoms with van der Waals surface area (Å²) >= 11 is 0. The van der Waals surface area contributed by atoms with Crippen LogP contribution in [0.1, 0.15) is 91.7 Å². The highest BCUT2D eigenvalue weighted by Crippen LogP contribution is 2.21. The zero-order valence-electron chi connectivity index (χ0n) is 30.6. The molecule has 2 aromatic rings. The number of carbonyl (C=O) groups excluding carboxylic acids is 1. The van der Waals surface area contributed by atoms with Gasteiger partial charge in [-0.05, 0) is 61.0 Å². The van der Waals surface area contributed by atoms with Crippen LogP contribution in [0.25, 0.3) is 6.08 Å². The van der Waals surface area contributed by atoms with E-state index in [9.17, 15) is 24.3 Å². The van der Waals surface area contributed by atoms with Crippen molar-refractivity contribution in [1.82, 2.24) is 13.7 Å². The molecule has 10 nitrogen and oxygen atoms in total. The number of carbonyl (C=O) groups is 1. The van der Waals surface area contributed by atoms with E-state index in [0.717, 1.165) is 27.7 Å². The second kappa shape index (κ2) is 18.3. The Morgan fingerprint density at radius 2 is 1.49 bits per heavy atom. The van der Waals surface area contributed by atoms with E-state index >= 15 is 0 Å². The predicted octanol–water partition coefficient (Wildman–Crippen LogP) is 4.74. The van der Waals surface area contributed by atoms with E-state index in [2.05, 4.69) is 26.0 Å². The first-order valence-corrected chi connectivity index (χ1v) is 17.4. The first-order valence-electron chi connectivity index (χ1n) is 17.4. The molecule has 1 heterocycles. The van der Waals surface area contributed by atoms with Crippen molar-refractivity contribution >= 4 is 12.0 Å². The average molecular weight is 658 g/mol. The second-order valence-corrected chi connectivity index (χ2v) is 14.6. The molecule has 0 spiro atoms. The zero-order valence-corrected chi connectivity index (χ0v) is 30.6. The van der Waals surface area contributed by atoms with Crippen molar-refractivity contribution in [3.05, 3.63) is 72.9 Å². The molecule has 0 fully saturated rings. The maximum atomic E-state index is 13.7. The molecule has 0 saturated heterocycles. The zero-order chi connectivity index (χ0) is 35.5. The van der Waals surface area contributed by atoms with Gasteiger partial charge in [-0.15, -0.1) is 0 Å². The quantitative estimate of drug-likeness (QED) is 0.173. The first-order chi connectivity index (χ1) is 22.0. The molecule has 264 valence electrons. The van der Waals surface area contributed by atoms with Gasteiger partial charge in [0.25, 0.3) is 0 Å². The van der Waals surface area contributed by atoms with E-state index in [1.54, 1.807) is 0 Å². The van der Waals surface area contributed by atoms with Crippen molar-refractivity contribution in [2.45, 2.75) is 106 Å². The van der Waals surface area contributed by atoms with Crippen LogP contribution in [0.4, 0.5) is 0 Å². The Bertz CT molecular complexity index is 1500. The molecule has 0 aliphatic rings. The maximum absolute atomic E-state index is 13.7. The highest BCUT2D eigenvalue weighted by atomic mass is 16.5. The van der Waals surface area contributed by atoms with Gasteiger partial charge in [-0.3, -0.25) is 4.79 Å². The molecule has 0 aliphatic carbocycles. The van der Waals surface area contributed by atoms with Gasteiger partial charge in [0.05, 0.1) is 26.6 Å². The number of aliphatic hydroxyl groups is 1. The van der Waals surface area contributed by atoms with E-state index in [1.807, 2.05) is 79.9 Å². The number of ether oxygens (including phenoxy) is 1. The minimum atomic E-state index is -0.768. The van der Waals surface area contributed by atoms with E-state index < -0.39 is 35.1 Å². The fraction of sp³-hybridized carbons (Fsp3) is 0.676. The summed E-state index contributed by atoms with van der Waals surface area (Å²) in [6.45, 7) is 17.6. The molecule has 0 aliphatic heterocycles. The molecule has 47 heavy (non-hydrogen) atoms. The molecule has 5 atom stereocenters.